The highest BCUT2D eigenvalue weighted by Crippen LogP contribution is 2.32. The first-order valence-electron chi connectivity index (χ1n) is 7.80. The van der Waals surface area contributed by atoms with Crippen LogP contribution in [0.15, 0.2) is 47.6 Å². The molecule has 0 aromatic heterocycles. The van der Waals surface area contributed by atoms with Gasteiger partial charge in [0.1, 0.15) is 6.54 Å². The van der Waals surface area contributed by atoms with Crippen molar-refractivity contribution in [3.05, 3.63) is 63.6 Å². The molecule has 0 atom stereocenters. The lowest BCUT2D eigenvalue weighted by atomic mass is 10.2. The lowest BCUT2D eigenvalue weighted by molar-refractivity contribution is -0.137. The Balaban J connectivity index is 2.19. The van der Waals surface area contributed by atoms with Crippen molar-refractivity contribution in [1.82, 2.24) is 5.43 Å². The highest BCUT2D eigenvalue weighted by Gasteiger charge is 2.32. The van der Waals surface area contributed by atoms with Gasteiger partial charge in [0.15, 0.2) is 0 Å². The molecule has 2 aromatic rings. The van der Waals surface area contributed by atoms with Crippen LogP contribution in [0.2, 0.25) is 10.0 Å². The summed E-state index contributed by atoms with van der Waals surface area (Å²) in [4.78, 5) is 12.1. The number of nitrogens with one attached hydrogen (secondary N) is 1. The van der Waals surface area contributed by atoms with E-state index in [2.05, 4.69) is 10.5 Å². The number of hydrazone groups is 1. The summed E-state index contributed by atoms with van der Waals surface area (Å²) in [6.45, 7) is -0.784. The lowest BCUT2D eigenvalue weighted by Gasteiger charge is -2.22. The van der Waals surface area contributed by atoms with Crippen LogP contribution in [0.1, 0.15) is 11.1 Å². The number of anilines is 1. The SMILES string of the molecule is CS(=O)(=O)N(CC(=O)N/N=C\c1c(Cl)cccc1Cl)c1cccc(C(F)(F)F)c1. The molecule has 1 amide bonds. The molecule has 2 aromatic carbocycles. The van der Waals surface area contributed by atoms with Crippen LogP contribution >= 0.6 is 23.2 Å². The Kier molecular flexibility index (Phi) is 7.15. The van der Waals surface area contributed by atoms with Crippen molar-refractivity contribution < 1.29 is 26.4 Å². The predicted molar refractivity (Wildman–Crippen MR) is 106 cm³/mol. The van der Waals surface area contributed by atoms with Crippen molar-refractivity contribution in [2.75, 3.05) is 17.1 Å². The zero-order valence-corrected chi connectivity index (χ0v) is 17.1. The number of hydrogen-bond acceptors (Lipinski definition) is 4. The summed E-state index contributed by atoms with van der Waals surface area (Å²) in [7, 11) is -4.05. The number of sulfonamides is 1. The molecule has 2 rings (SSSR count). The van der Waals surface area contributed by atoms with Crippen LogP contribution in [-0.2, 0) is 21.0 Å². The minimum atomic E-state index is -4.67. The second kappa shape index (κ2) is 9.02. The fourth-order valence-corrected chi connectivity index (χ4v) is 3.55. The van der Waals surface area contributed by atoms with E-state index in [1.165, 1.54) is 0 Å². The van der Waals surface area contributed by atoms with Gasteiger partial charge in [-0.25, -0.2) is 13.8 Å². The summed E-state index contributed by atoms with van der Waals surface area (Å²) in [5, 5.41) is 4.20. The largest absolute Gasteiger partial charge is 0.416 e. The Morgan fingerprint density at radius 3 is 2.31 bits per heavy atom. The third-order valence-corrected chi connectivity index (χ3v) is 5.33. The maximum atomic E-state index is 12.9. The molecule has 0 spiro atoms. The number of carbonyl (C=O) groups is 1. The number of carbonyl (C=O) groups excluding carboxylic acids is 1. The van der Waals surface area contributed by atoms with E-state index in [1.807, 2.05) is 0 Å². The molecular weight excluding hydrogens is 454 g/mol. The standard InChI is InChI=1S/C17H14Cl2F3N3O3S/c1-29(27,28)25(12-5-2-4-11(8-12)17(20,21)22)10-16(26)24-23-9-13-14(18)6-3-7-15(13)19/h2-9H,10H2,1H3,(H,24,26)/b23-9-. The van der Waals surface area contributed by atoms with Gasteiger partial charge in [-0.2, -0.15) is 18.3 Å². The molecule has 6 nitrogen and oxygen atoms in total. The van der Waals surface area contributed by atoms with E-state index in [0.717, 1.165) is 30.7 Å². The van der Waals surface area contributed by atoms with E-state index in [9.17, 15) is 26.4 Å². The molecule has 0 fully saturated rings. The molecule has 0 saturated carbocycles. The van der Waals surface area contributed by atoms with Crippen molar-refractivity contribution in [1.29, 1.82) is 0 Å². The van der Waals surface area contributed by atoms with Gasteiger partial charge in [0.25, 0.3) is 5.91 Å². The maximum Gasteiger partial charge on any atom is 0.416 e. The summed E-state index contributed by atoms with van der Waals surface area (Å²) in [6, 6.07) is 8.34. The molecular formula is C17H14Cl2F3N3O3S. The third-order valence-electron chi connectivity index (χ3n) is 3.53. The first-order chi connectivity index (χ1) is 13.4. The number of alkyl halides is 3. The molecule has 0 aliphatic rings. The lowest BCUT2D eigenvalue weighted by Crippen LogP contribution is -2.39. The van der Waals surface area contributed by atoms with Gasteiger partial charge in [0.05, 0.1) is 33.8 Å². The Bertz CT molecular complexity index is 1020. The van der Waals surface area contributed by atoms with Gasteiger partial charge in [-0.1, -0.05) is 35.3 Å². The zero-order valence-electron chi connectivity index (χ0n) is 14.7. The molecule has 0 saturated heterocycles. The van der Waals surface area contributed by atoms with E-state index in [1.54, 1.807) is 18.2 Å². The van der Waals surface area contributed by atoms with Gasteiger partial charge in [0.2, 0.25) is 10.0 Å². The molecule has 0 aliphatic heterocycles. The summed E-state index contributed by atoms with van der Waals surface area (Å²) >= 11 is 11.9. The normalized spacial score (nSPS) is 12.2. The van der Waals surface area contributed by atoms with Crippen molar-refractivity contribution in [3.63, 3.8) is 0 Å². The van der Waals surface area contributed by atoms with Gasteiger partial charge in [-0.3, -0.25) is 9.10 Å². The highest BCUT2D eigenvalue weighted by molar-refractivity contribution is 7.92. The number of benzene rings is 2. The molecule has 0 aliphatic carbocycles. The fraction of sp³-hybridized carbons (Fsp3) is 0.176. The van der Waals surface area contributed by atoms with Crippen molar-refractivity contribution in [2.24, 2.45) is 5.10 Å². The predicted octanol–water partition coefficient (Wildman–Crippen LogP) is 3.93. The average molecular weight is 468 g/mol. The number of rotatable bonds is 6. The van der Waals surface area contributed by atoms with Crippen LogP contribution in [0.3, 0.4) is 0 Å². The van der Waals surface area contributed by atoms with Gasteiger partial charge in [-0.15, -0.1) is 0 Å². The molecule has 156 valence electrons. The molecule has 1 N–H and O–H groups in total. The van der Waals surface area contributed by atoms with Crippen LogP contribution in [0, 0.1) is 0 Å². The Morgan fingerprint density at radius 2 is 1.76 bits per heavy atom. The second-order valence-corrected chi connectivity index (χ2v) is 8.47. The maximum absolute atomic E-state index is 12.9. The summed E-state index contributed by atoms with van der Waals surface area (Å²) < 4.78 is 63.2. The Labute approximate surface area is 175 Å². The zero-order chi connectivity index (χ0) is 21.8. The third kappa shape index (κ3) is 6.34. The van der Waals surface area contributed by atoms with Gasteiger partial charge < -0.3 is 0 Å². The highest BCUT2D eigenvalue weighted by atomic mass is 35.5. The summed E-state index contributed by atoms with van der Waals surface area (Å²) in [5.41, 5.74) is 1.06. The molecule has 0 unspecified atom stereocenters. The van der Waals surface area contributed by atoms with Crippen LogP contribution in [0.5, 0.6) is 0 Å². The van der Waals surface area contributed by atoms with Crippen LogP contribution in [0.4, 0.5) is 18.9 Å². The van der Waals surface area contributed by atoms with Gasteiger partial charge in [-0.05, 0) is 30.3 Å². The van der Waals surface area contributed by atoms with E-state index in [4.69, 9.17) is 23.2 Å². The van der Waals surface area contributed by atoms with E-state index < -0.39 is 34.2 Å². The minimum absolute atomic E-state index is 0.275. The molecule has 12 heteroatoms. The number of nitrogens with zero attached hydrogens (tertiary/aromatic N) is 2. The van der Waals surface area contributed by atoms with E-state index >= 15 is 0 Å². The first-order valence-corrected chi connectivity index (χ1v) is 10.4. The monoisotopic (exact) mass is 467 g/mol. The van der Waals surface area contributed by atoms with Crippen molar-refractivity contribution >= 4 is 51.0 Å². The van der Waals surface area contributed by atoms with E-state index in [-0.39, 0.29) is 15.7 Å². The van der Waals surface area contributed by atoms with E-state index in [0.29, 0.717) is 15.9 Å². The van der Waals surface area contributed by atoms with Crippen molar-refractivity contribution in [3.8, 4) is 0 Å². The molecule has 0 bridgehead atoms. The quantitative estimate of drug-likeness (QED) is 0.516. The van der Waals surface area contributed by atoms with Crippen LogP contribution < -0.4 is 9.73 Å². The van der Waals surface area contributed by atoms with Crippen LogP contribution in [0.25, 0.3) is 0 Å². The summed E-state index contributed by atoms with van der Waals surface area (Å²) in [5.74, 6) is -0.882. The van der Waals surface area contributed by atoms with Gasteiger partial charge >= 0.3 is 6.18 Å². The topological polar surface area (TPSA) is 78.8 Å². The number of hydrogen-bond donors (Lipinski definition) is 1. The molecule has 0 heterocycles. The average Bonchev–Trinajstić information content (AvgIpc) is 2.60. The molecule has 0 radical (unpaired) electrons. The number of halogens is 5. The minimum Gasteiger partial charge on any atom is -0.271 e. The van der Waals surface area contributed by atoms with Crippen molar-refractivity contribution in [2.45, 2.75) is 6.18 Å². The Hall–Kier alpha value is -2.30. The summed E-state index contributed by atoms with van der Waals surface area (Å²) in [6.07, 6.45) is -2.73. The first kappa shape index (κ1) is 23.0. The smallest absolute Gasteiger partial charge is 0.271 e. The fourth-order valence-electron chi connectivity index (χ4n) is 2.21. The Morgan fingerprint density at radius 1 is 1.17 bits per heavy atom. The molecule has 29 heavy (non-hydrogen) atoms. The second-order valence-electron chi connectivity index (χ2n) is 5.75. The van der Waals surface area contributed by atoms with Gasteiger partial charge in [0, 0.05) is 5.56 Å². The van der Waals surface area contributed by atoms with Crippen LogP contribution in [-0.4, -0.2) is 33.3 Å². The number of amides is 1.